The lowest BCUT2D eigenvalue weighted by molar-refractivity contribution is 0.697. The first-order valence-corrected chi connectivity index (χ1v) is 14.9. The van der Waals surface area contributed by atoms with Crippen LogP contribution in [0.5, 0.6) is 0 Å². The minimum Gasteiger partial charge on any atom is -0.334 e. The molecule has 0 bridgehead atoms. The molecule has 2 aromatic carbocycles. The van der Waals surface area contributed by atoms with Gasteiger partial charge in [0.15, 0.2) is 0 Å². The highest BCUT2D eigenvalue weighted by molar-refractivity contribution is 7.12. The molecule has 2 heterocycles. The molecule has 2 heteroatoms. The Balaban J connectivity index is 1.30. The van der Waals surface area contributed by atoms with Gasteiger partial charge in [-0.3, -0.25) is 0 Å². The maximum absolute atomic E-state index is 2.67. The molecule has 0 saturated heterocycles. The van der Waals surface area contributed by atoms with Gasteiger partial charge in [-0.1, -0.05) is 78.9 Å². The van der Waals surface area contributed by atoms with E-state index in [1.165, 1.54) is 57.6 Å². The molecule has 0 N–H and O–H groups in total. The van der Waals surface area contributed by atoms with Gasteiger partial charge < -0.3 is 4.90 Å². The van der Waals surface area contributed by atoms with Crippen molar-refractivity contribution < 1.29 is 0 Å². The van der Waals surface area contributed by atoms with Gasteiger partial charge in [-0.25, -0.2) is 0 Å². The summed E-state index contributed by atoms with van der Waals surface area (Å²) in [4.78, 5) is 5.85. The van der Waals surface area contributed by atoms with E-state index in [0.717, 1.165) is 25.7 Å². The topological polar surface area (TPSA) is 3.24 Å². The van der Waals surface area contributed by atoms with Crippen LogP contribution in [0.3, 0.4) is 0 Å². The first kappa shape index (κ1) is 22.4. The van der Waals surface area contributed by atoms with Crippen molar-refractivity contribution in [1.29, 1.82) is 0 Å². The Kier molecular flexibility index (Phi) is 5.29. The molecule has 0 radical (unpaired) electrons. The Morgan fingerprint density at radius 3 is 2.47 bits per heavy atom. The van der Waals surface area contributed by atoms with Gasteiger partial charge in [0.05, 0.1) is 6.04 Å². The third-order valence-electron chi connectivity index (χ3n) is 8.80. The van der Waals surface area contributed by atoms with E-state index >= 15 is 0 Å². The van der Waals surface area contributed by atoms with Crippen molar-refractivity contribution >= 4 is 34.7 Å². The molecule has 38 heavy (non-hydrogen) atoms. The molecule has 0 amide bonds. The lowest BCUT2D eigenvalue weighted by atomic mass is 9.82. The number of nitrogens with zero attached hydrogens (tertiary/aromatic N) is 1. The normalized spacial score (nSPS) is 22.7. The predicted octanol–water partition coefficient (Wildman–Crippen LogP) is 9.71. The molecule has 1 aliphatic heterocycles. The van der Waals surface area contributed by atoms with E-state index in [9.17, 15) is 0 Å². The first-order chi connectivity index (χ1) is 18.8. The number of anilines is 1. The Labute approximate surface area is 229 Å². The molecule has 4 aliphatic carbocycles. The third kappa shape index (κ3) is 3.50. The summed E-state index contributed by atoms with van der Waals surface area (Å²) < 4.78 is 0. The second kappa shape index (κ2) is 8.99. The Morgan fingerprint density at radius 2 is 1.58 bits per heavy atom. The van der Waals surface area contributed by atoms with E-state index in [1.54, 1.807) is 15.3 Å². The fourth-order valence-electron chi connectivity index (χ4n) is 7.04. The summed E-state index contributed by atoms with van der Waals surface area (Å²) in [5.74, 6) is 0.458. The highest BCUT2D eigenvalue weighted by Gasteiger charge is 2.44. The Bertz CT molecular complexity index is 1620. The van der Waals surface area contributed by atoms with Crippen molar-refractivity contribution in [1.82, 2.24) is 0 Å². The van der Waals surface area contributed by atoms with E-state index in [0.29, 0.717) is 12.0 Å². The summed E-state index contributed by atoms with van der Waals surface area (Å²) in [6.45, 7) is 0. The number of aryl methyl sites for hydroxylation is 1. The van der Waals surface area contributed by atoms with Crippen LogP contribution in [0.15, 0.2) is 102 Å². The third-order valence-corrected chi connectivity index (χ3v) is 10.2. The van der Waals surface area contributed by atoms with Crippen molar-refractivity contribution in [2.24, 2.45) is 0 Å². The van der Waals surface area contributed by atoms with Crippen molar-refractivity contribution in [3.8, 4) is 11.1 Å². The van der Waals surface area contributed by atoms with E-state index in [1.807, 2.05) is 0 Å². The summed E-state index contributed by atoms with van der Waals surface area (Å²) in [6.07, 6.45) is 28.2. The molecule has 1 nitrogen and oxygen atoms in total. The zero-order valence-corrected chi connectivity index (χ0v) is 22.4. The van der Waals surface area contributed by atoms with Crippen LogP contribution in [-0.4, -0.2) is 6.04 Å². The van der Waals surface area contributed by atoms with Crippen LogP contribution in [0.25, 0.3) is 28.9 Å². The average molecular weight is 510 g/mol. The van der Waals surface area contributed by atoms with Crippen LogP contribution in [0.1, 0.15) is 64.5 Å². The molecule has 3 aromatic rings. The van der Waals surface area contributed by atoms with Crippen LogP contribution >= 0.6 is 11.3 Å². The zero-order chi connectivity index (χ0) is 25.1. The molecule has 0 spiro atoms. The van der Waals surface area contributed by atoms with Crippen molar-refractivity contribution in [3.63, 3.8) is 0 Å². The highest BCUT2D eigenvalue weighted by atomic mass is 32.1. The second-order valence-electron chi connectivity index (χ2n) is 11.0. The van der Waals surface area contributed by atoms with Crippen molar-refractivity contribution in [3.05, 3.63) is 129 Å². The summed E-state index contributed by atoms with van der Waals surface area (Å²) in [5.41, 5.74) is 12.7. The number of hydrogen-bond acceptors (Lipinski definition) is 2. The average Bonchev–Trinajstić information content (AvgIpc) is 3.53. The Hall–Kier alpha value is -3.62. The van der Waals surface area contributed by atoms with E-state index in [-0.39, 0.29) is 0 Å². The summed E-state index contributed by atoms with van der Waals surface area (Å²) in [5, 5.41) is 0. The number of hydrogen-bond donors (Lipinski definition) is 0. The quantitative estimate of drug-likeness (QED) is 0.340. The van der Waals surface area contributed by atoms with Crippen molar-refractivity contribution in [2.45, 2.75) is 50.5 Å². The van der Waals surface area contributed by atoms with Gasteiger partial charge in [-0.05, 0) is 102 Å². The Morgan fingerprint density at radius 1 is 0.737 bits per heavy atom. The molecule has 2 atom stereocenters. The molecule has 1 aromatic heterocycles. The molecular weight excluding hydrogens is 478 g/mol. The summed E-state index contributed by atoms with van der Waals surface area (Å²) in [6, 6.07) is 18.5. The summed E-state index contributed by atoms with van der Waals surface area (Å²) >= 11 is 2.09. The molecule has 2 unspecified atom stereocenters. The van der Waals surface area contributed by atoms with Gasteiger partial charge in [0, 0.05) is 27.1 Å². The molecule has 8 rings (SSSR count). The van der Waals surface area contributed by atoms with Crippen LogP contribution in [-0.2, 0) is 6.42 Å². The molecule has 186 valence electrons. The lowest BCUT2D eigenvalue weighted by Crippen LogP contribution is -2.32. The smallest absolute Gasteiger partial charge is 0.0640 e. The zero-order valence-electron chi connectivity index (χ0n) is 21.6. The van der Waals surface area contributed by atoms with E-state index < -0.39 is 0 Å². The van der Waals surface area contributed by atoms with E-state index in [4.69, 9.17) is 0 Å². The van der Waals surface area contributed by atoms with Crippen LogP contribution in [0, 0.1) is 0 Å². The van der Waals surface area contributed by atoms with Gasteiger partial charge in [-0.2, -0.15) is 0 Å². The highest BCUT2D eigenvalue weighted by Crippen LogP contribution is 2.54. The standard InChI is InChI=1S/C36H31NS/c1-3-11-24(12-4-1)26-21-27(25-13-5-2-6-14-25)23-28(22-26)37-32-17-9-7-16-31(32)35-33(37)20-19-30-29-15-8-10-18-34(29)38-36(30)35/h1-5,8-9,11-13,15,17,19-23,33,35H,6-7,10,14,16,18H2. The SMILES string of the molecule is C1=CCCC(c2cc(-c3ccccc3)cc(N3C4=C(CCC=C4)C4c5sc6c(c5C=CC43)C=CCC6)c2)=C1. The monoisotopic (exact) mass is 509 g/mol. The predicted molar refractivity (Wildman–Crippen MR) is 163 cm³/mol. The van der Waals surface area contributed by atoms with Crippen molar-refractivity contribution in [2.75, 3.05) is 4.90 Å². The molecule has 0 saturated carbocycles. The largest absolute Gasteiger partial charge is 0.334 e. The maximum atomic E-state index is 2.67. The molecule has 0 fully saturated rings. The number of fused-ring (bicyclic) bond motifs is 6. The minimum absolute atomic E-state index is 0.332. The minimum atomic E-state index is 0.332. The fourth-order valence-corrected chi connectivity index (χ4v) is 8.51. The van der Waals surface area contributed by atoms with Crippen LogP contribution in [0.4, 0.5) is 5.69 Å². The molecular formula is C36H31NS. The van der Waals surface area contributed by atoms with Gasteiger partial charge in [0.25, 0.3) is 0 Å². The molecule has 5 aliphatic rings. The van der Waals surface area contributed by atoms with Gasteiger partial charge in [0.1, 0.15) is 0 Å². The van der Waals surface area contributed by atoms with Gasteiger partial charge in [0.2, 0.25) is 0 Å². The van der Waals surface area contributed by atoms with Gasteiger partial charge in [-0.15, -0.1) is 11.3 Å². The maximum Gasteiger partial charge on any atom is 0.0640 e. The fraction of sp³-hybridized carbons (Fsp3) is 0.222. The lowest BCUT2D eigenvalue weighted by Gasteiger charge is -2.32. The number of rotatable bonds is 3. The first-order valence-electron chi connectivity index (χ1n) is 14.1. The second-order valence-corrected chi connectivity index (χ2v) is 12.1. The number of allylic oxidation sites excluding steroid dienone is 7. The summed E-state index contributed by atoms with van der Waals surface area (Å²) in [7, 11) is 0. The van der Waals surface area contributed by atoms with Gasteiger partial charge >= 0.3 is 0 Å². The van der Waals surface area contributed by atoms with E-state index in [2.05, 4.69) is 119 Å². The number of benzene rings is 2. The number of thiophene rings is 1. The van der Waals surface area contributed by atoms with Crippen LogP contribution in [0.2, 0.25) is 0 Å². The van der Waals surface area contributed by atoms with Crippen LogP contribution < -0.4 is 4.90 Å².